The normalized spacial score (nSPS) is 20.7. The number of nitrogens with zero attached hydrogens (tertiary/aromatic N) is 4. The van der Waals surface area contributed by atoms with E-state index in [9.17, 15) is 0 Å². The smallest absolute Gasteiger partial charge is 0.226 e. The van der Waals surface area contributed by atoms with Gasteiger partial charge in [-0.15, -0.1) is 0 Å². The molecule has 5 heteroatoms. The average Bonchev–Trinajstić information content (AvgIpc) is 3.27. The summed E-state index contributed by atoms with van der Waals surface area (Å²) in [6.07, 6.45) is 2.83. The molecule has 144 valence electrons. The Balaban J connectivity index is 1.39. The molecule has 2 aliphatic rings. The number of benzene rings is 2. The molecule has 2 aliphatic heterocycles. The van der Waals surface area contributed by atoms with Gasteiger partial charge in [0.25, 0.3) is 0 Å². The first-order valence-electron chi connectivity index (χ1n) is 10.3. The summed E-state index contributed by atoms with van der Waals surface area (Å²) >= 11 is 0. The van der Waals surface area contributed by atoms with E-state index >= 15 is 0 Å². The van der Waals surface area contributed by atoms with Gasteiger partial charge in [-0.3, -0.25) is 4.90 Å². The topological polar surface area (TPSA) is 41.5 Å². The Kier molecular flexibility index (Phi) is 4.93. The zero-order chi connectivity index (χ0) is 18.8. The van der Waals surface area contributed by atoms with E-state index in [0.29, 0.717) is 6.10 Å². The fourth-order valence-electron chi connectivity index (χ4n) is 4.23. The molecule has 0 amide bonds. The SMILES string of the molecule is c1ccc(-c2nc(N3CCN(CC4CCCO4)CC3)nc3ccccc23)cc1. The lowest BCUT2D eigenvalue weighted by Crippen LogP contribution is -2.49. The van der Waals surface area contributed by atoms with Crippen molar-refractivity contribution in [1.29, 1.82) is 0 Å². The number of piperazine rings is 1. The molecule has 0 radical (unpaired) electrons. The molecule has 3 heterocycles. The first kappa shape index (κ1) is 17.6. The largest absolute Gasteiger partial charge is 0.377 e. The fraction of sp³-hybridized carbons (Fsp3) is 0.391. The maximum Gasteiger partial charge on any atom is 0.226 e. The van der Waals surface area contributed by atoms with Crippen molar-refractivity contribution < 1.29 is 4.74 Å². The molecule has 2 saturated heterocycles. The Bertz CT molecular complexity index is 932. The Labute approximate surface area is 166 Å². The van der Waals surface area contributed by atoms with E-state index in [4.69, 9.17) is 14.7 Å². The van der Waals surface area contributed by atoms with Gasteiger partial charge in [0.1, 0.15) is 0 Å². The monoisotopic (exact) mass is 374 g/mol. The summed E-state index contributed by atoms with van der Waals surface area (Å²) in [5.41, 5.74) is 3.16. The molecule has 1 atom stereocenters. The highest BCUT2D eigenvalue weighted by atomic mass is 16.5. The molecule has 0 spiro atoms. The number of anilines is 1. The van der Waals surface area contributed by atoms with E-state index in [1.165, 1.54) is 12.8 Å². The number of para-hydroxylation sites is 1. The van der Waals surface area contributed by atoms with Crippen molar-refractivity contribution in [2.24, 2.45) is 0 Å². The molecule has 0 aliphatic carbocycles. The van der Waals surface area contributed by atoms with Gasteiger partial charge in [0.2, 0.25) is 5.95 Å². The van der Waals surface area contributed by atoms with Crippen LogP contribution in [-0.4, -0.2) is 60.3 Å². The summed E-state index contributed by atoms with van der Waals surface area (Å²) in [5.74, 6) is 0.842. The van der Waals surface area contributed by atoms with Crippen LogP contribution in [0.25, 0.3) is 22.2 Å². The van der Waals surface area contributed by atoms with E-state index in [1.807, 2.05) is 12.1 Å². The van der Waals surface area contributed by atoms with Gasteiger partial charge in [-0.25, -0.2) is 9.97 Å². The number of rotatable bonds is 4. The first-order valence-corrected chi connectivity index (χ1v) is 10.3. The van der Waals surface area contributed by atoms with Gasteiger partial charge in [-0.05, 0) is 18.9 Å². The zero-order valence-corrected chi connectivity index (χ0v) is 16.1. The van der Waals surface area contributed by atoms with Gasteiger partial charge in [0, 0.05) is 50.3 Å². The predicted octanol–water partition coefficient (Wildman–Crippen LogP) is 3.60. The molecular formula is C23H26N4O. The van der Waals surface area contributed by atoms with E-state index < -0.39 is 0 Å². The van der Waals surface area contributed by atoms with Crippen molar-refractivity contribution in [2.45, 2.75) is 18.9 Å². The highest BCUT2D eigenvalue weighted by Crippen LogP contribution is 2.28. The molecule has 28 heavy (non-hydrogen) atoms. The molecule has 0 N–H and O–H groups in total. The molecule has 5 rings (SSSR count). The zero-order valence-electron chi connectivity index (χ0n) is 16.1. The van der Waals surface area contributed by atoms with Gasteiger partial charge in [0.05, 0.1) is 17.3 Å². The fourth-order valence-corrected chi connectivity index (χ4v) is 4.23. The molecule has 1 unspecified atom stereocenters. The maximum absolute atomic E-state index is 5.80. The van der Waals surface area contributed by atoms with E-state index in [0.717, 1.165) is 67.4 Å². The maximum atomic E-state index is 5.80. The van der Waals surface area contributed by atoms with E-state index in [2.05, 4.69) is 52.3 Å². The number of hydrogen-bond donors (Lipinski definition) is 0. The van der Waals surface area contributed by atoms with Crippen LogP contribution in [-0.2, 0) is 4.74 Å². The molecule has 2 aromatic carbocycles. The van der Waals surface area contributed by atoms with Crippen LogP contribution in [0.5, 0.6) is 0 Å². The van der Waals surface area contributed by atoms with Crippen LogP contribution in [0.3, 0.4) is 0 Å². The van der Waals surface area contributed by atoms with Crippen molar-refractivity contribution in [3.05, 3.63) is 54.6 Å². The molecule has 0 saturated carbocycles. The summed E-state index contributed by atoms with van der Waals surface area (Å²) < 4.78 is 5.80. The molecule has 2 fully saturated rings. The van der Waals surface area contributed by atoms with Gasteiger partial charge in [0.15, 0.2) is 0 Å². The molecule has 0 bridgehead atoms. The lowest BCUT2D eigenvalue weighted by molar-refractivity contribution is 0.0712. The van der Waals surface area contributed by atoms with Crippen molar-refractivity contribution in [2.75, 3.05) is 44.2 Å². The molecule has 5 nitrogen and oxygen atoms in total. The number of ether oxygens (including phenoxy) is 1. The van der Waals surface area contributed by atoms with E-state index in [-0.39, 0.29) is 0 Å². The minimum atomic E-state index is 0.424. The van der Waals surface area contributed by atoms with Gasteiger partial charge < -0.3 is 9.64 Å². The quantitative estimate of drug-likeness (QED) is 0.698. The summed E-state index contributed by atoms with van der Waals surface area (Å²) in [6, 6.07) is 18.7. The highest BCUT2D eigenvalue weighted by Gasteiger charge is 2.24. The Morgan fingerprint density at radius 3 is 2.46 bits per heavy atom. The first-order chi connectivity index (χ1) is 13.9. The number of aromatic nitrogens is 2. The molecule has 1 aromatic heterocycles. The Morgan fingerprint density at radius 2 is 1.68 bits per heavy atom. The highest BCUT2D eigenvalue weighted by molar-refractivity contribution is 5.93. The van der Waals surface area contributed by atoms with Gasteiger partial charge in [-0.2, -0.15) is 0 Å². The summed E-state index contributed by atoms with van der Waals surface area (Å²) in [6.45, 7) is 5.98. The summed E-state index contributed by atoms with van der Waals surface area (Å²) in [7, 11) is 0. The molecule has 3 aromatic rings. The Hall–Kier alpha value is -2.50. The Morgan fingerprint density at radius 1 is 0.893 bits per heavy atom. The third kappa shape index (κ3) is 3.60. The van der Waals surface area contributed by atoms with Crippen LogP contribution in [0.1, 0.15) is 12.8 Å². The van der Waals surface area contributed by atoms with Crippen LogP contribution in [0.4, 0.5) is 5.95 Å². The van der Waals surface area contributed by atoms with Crippen LogP contribution >= 0.6 is 0 Å². The second kappa shape index (κ2) is 7.86. The summed E-state index contributed by atoms with van der Waals surface area (Å²) in [5, 5.41) is 1.11. The average molecular weight is 374 g/mol. The molecular weight excluding hydrogens is 348 g/mol. The van der Waals surface area contributed by atoms with Crippen molar-refractivity contribution >= 4 is 16.9 Å². The van der Waals surface area contributed by atoms with Gasteiger partial charge >= 0.3 is 0 Å². The third-order valence-corrected chi connectivity index (χ3v) is 5.78. The second-order valence-corrected chi connectivity index (χ2v) is 7.68. The number of fused-ring (bicyclic) bond motifs is 1. The van der Waals surface area contributed by atoms with Crippen LogP contribution in [0.2, 0.25) is 0 Å². The van der Waals surface area contributed by atoms with Crippen LogP contribution in [0.15, 0.2) is 54.6 Å². The van der Waals surface area contributed by atoms with Crippen molar-refractivity contribution in [1.82, 2.24) is 14.9 Å². The standard InChI is InChI=1S/C23H26N4O/c1-2-7-18(8-3-1)22-20-10-4-5-11-21(20)24-23(25-22)27-14-12-26(13-15-27)17-19-9-6-16-28-19/h1-5,7-8,10-11,19H,6,9,12-17H2. The van der Waals surface area contributed by atoms with Crippen LogP contribution in [0, 0.1) is 0 Å². The van der Waals surface area contributed by atoms with Crippen molar-refractivity contribution in [3.63, 3.8) is 0 Å². The number of hydrogen-bond acceptors (Lipinski definition) is 5. The predicted molar refractivity (Wildman–Crippen MR) is 113 cm³/mol. The minimum Gasteiger partial charge on any atom is -0.377 e. The second-order valence-electron chi connectivity index (χ2n) is 7.68. The lowest BCUT2D eigenvalue weighted by Gasteiger charge is -2.35. The lowest BCUT2D eigenvalue weighted by atomic mass is 10.1. The van der Waals surface area contributed by atoms with Gasteiger partial charge in [-0.1, -0.05) is 48.5 Å². The minimum absolute atomic E-state index is 0.424. The van der Waals surface area contributed by atoms with Crippen LogP contribution < -0.4 is 4.90 Å². The van der Waals surface area contributed by atoms with Crippen molar-refractivity contribution in [3.8, 4) is 11.3 Å². The third-order valence-electron chi connectivity index (χ3n) is 5.78. The summed E-state index contributed by atoms with van der Waals surface area (Å²) in [4.78, 5) is 14.7. The van der Waals surface area contributed by atoms with E-state index in [1.54, 1.807) is 0 Å².